The highest BCUT2D eigenvalue weighted by atomic mass is 16.5. The number of aromatic nitrogens is 3. The Kier molecular flexibility index (Phi) is 4.48. The molecule has 0 saturated heterocycles. The van der Waals surface area contributed by atoms with Crippen LogP contribution in [-0.2, 0) is 16.6 Å². The average Bonchev–Trinajstić information content (AvgIpc) is 3.02. The lowest BCUT2D eigenvalue weighted by Gasteiger charge is -2.34. The lowest BCUT2D eigenvalue weighted by Crippen LogP contribution is -2.39. The van der Waals surface area contributed by atoms with Crippen molar-refractivity contribution in [2.75, 3.05) is 6.61 Å². The van der Waals surface area contributed by atoms with Crippen LogP contribution in [-0.4, -0.2) is 39.6 Å². The molecule has 0 radical (unpaired) electrons. The van der Waals surface area contributed by atoms with E-state index in [1.807, 2.05) is 36.8 Å². The van der Waals surface area contributed by atoms with Crippen LogP contribution in [0.5, 0.6) is 5.88 Å². The summed E-state index contributed by atoms with van der Waals surface area (Å²) in [5, 5.41) is 2.36. The zero-order valence-electron chi connectivity index (χ0n) is 16.1. The van der Waals surface area contributed by atoms with Crippen molar-refractivity contribution in [2.45, 2.75) is 25.0 Å². The van der Waals surface area contributed by atoms with Crippen LogP contribution >= 0.6 is 0 Å². The van der Waals surface area contributed by atoms with E-state index in [9.17, 15) is 4.79 Å². The van der Waals surface area contributed by atoms with Gasteiger partial charge in [-0.3, -0.25) is 4.98 Å². The molecular formula is C23H21N3O3. The zero-order valence-corrected chi connectivity index (χ0v) is 16.1. The van der Waals surface area contributed by atoms with Gasteiger partial charge in [0.2, 0.25) is 5.88 Å². The smallest absolute Gasteiger partial charge is 0.213 e. The molecule has 0 spiro atoms. The van der Waals surface area contributed by atoms with E-state index in [1.165, 1.54) is 16.4 Å². The number of carbonyl (C=O) groups excluding carboxylic acids is 1. The van der Waals surface area contributed by atoms with Gasteiger partial charge in [0, 0.05) is 66.4 Å². The van der Waals surface area contributed by atoms with Gasteiger partial charge in [-0.2, -0.15) is 0 Å². The number of benzene rings is 1. The van der Waals surface area contributed by atoms with E-state index in [1.54, 1.807) is 0 Å². The van der Waals surface area contributed by atoms with Crippen molar-refractivity contribution in [3.05, 3.63) is 55.0 Å². The highest BCUT2D eigenvalue weighted by molar-refractivity contribution is 6.08. The maximum atomic E-state index is 10.3. The van der Waals surface area contributed by atoms with Crippen LogP contribution in [0.25, 0.3) is 32.9 Å². The van der Waals surface area contributed by atoms with Gasteiger partial charge in [-0.1, -0.05) is 12.1 Å². The number of fused-ring (bicyclic) bond motifs is 3. The van der Waals surface area contributed by atoms with E-state index in [0.29, 0.717) is 5.88 Å². The van der Waals surface area contributed by atoms with E-state index < -0.39 is 0 Å². The summed E-state index contributed by atoms with van der Waals surface area (Å²) in [7, 11) is 2.08. The Labute approximate surface area is 168 Å². The molecule has 0 unspecified atom stereocenters. The predicted octanol–water partition coefficient (Wildman–Crippen LogP) is 3.91. The van der Waals surface area contributed by atoms with E-state index in [-0.39, 0.29) is 18.8 Å². The lowest BCUT2D eigenvalue weighted by molar-refractivity contribution is -0.119. The Balaban J connectivity index is 1.34. The molecule has 1 aromatic carbocycles. The maximum Gasteiger partial charge on any atom is 0.213 e. The molecule has 1 fully saturated rings. The van der Waals surface area contributed by atoms with E-state index in [2.05, 4.69) is 39.8 Å². The number of pyridine rings is 2. The van der Waals surface area contributed by atoms with Crippen molar-refractivity contribution >= 4 is 28.1 Å². The minimum atomic E-state index is 0.103. The molecule has 0 atom stereocenters. The van der Waals surface area contributed by atoms with Crippen LogP contribution in [0.4, 0.5) is 0 Å². The fraction of sp³-hybridized carbons (Fsp3) is 0.261. The Morgan fingerprint density at radius 2 is 1.90 bits per heavy atom. The number of rotatable bonds is 6. The summed E-state index contributed by atoms with van der Waals surface area (Å²) in [6.07, 6.45) is 8.18. The predicted molar refractivity (Wildman–Crippen MR) is 111 cm³/mol. The molecule has 0 aliphatic heterocycles. The minimum Gasteiger partial charge on any atom is -0.474 e. The minimum absolute atomic E-state index is 0.103. The molecule has 5 rings (SSSR count). The summed E-state index contributed by atoms with van der Waals surface area (Å²) in [5.74, 6) is 0.615. The van der Waals surface area contributed by atoms with E-state index >= 15 is 0 Å². The van der Waals surface area contributed by atoms with Crippen LogP contribution in [0, 0.1) is 0 Å². The first kappa shape index (κ1) is 17.8. The topological polar surface area (TPSA) is 66.2 Å². The first-order valence-electron chi connectivity index (χ1n) is 9.73. The summed E-state index contributed by atoms with van der Waals surface area (Å²) in [5.41, 5.74) is 4.50. The molecule has 3 heterocycles. The quantitative estimate of drug-likeness (QED) is 0.469. The second-order valence-electron chi connectivity index (χ2n) is 7.40. The van der Waals surface area contributed by atoms with Gasteiger partial charge in [-0.25, -0.2) is 4.98 Å². The number of hydrogen-bond acceptors (Lipinski definition) is 5. The normalized spacial score (nSPS) is 18.7. The number of ether oxygens (including phenoxy) is 2. The standard InChI is InChI=1S/C23H21N3O3/c1-26-21-6-7-24-14-20(21)19-4-2-15(10-22(19)26)16-3-5-23(25-13-16)29-18-11-17(12-18)28-9-8-27/h2-8,10,13-14,17-18H,9,11-12H2,1H3. The zero-order chi connectivity index (χ0) is 19.8. The van der Waals surface area contributed by atoms with Gasteiger partial charge in [-0.05, 0) is 23.8 Å². The van der Waals surface area contributed by atoms with Gasteiger partial charge < -0.3 is 18.8 Å². The summed E-state index contributed by atoms with van der Waals surface area (Å²) in [6.45, 7) is 0.155. The van der Waals surface area contributed by atoms with Crippen LogP contribution < -0.4 is 4.74 Å². The monoisotopic (exact) mass is 387 g/mol. The third-order valence-electron chi connectivity index (χ3n) is 5.62. The first-order valence-corrected chi connectivity index (χ1v) is 9.73. The Hall–Kier alpha value is -3.25. The molecule has 29 heavy (non-hydrogen) atoms. The van der Waals surface area contributed by atoms with Crippen molar-refractivity contribution in [3.63, 3.8) is 0 Å². The number of aldehydes is 1. The van der Waals surface area contributed by atoms with Crippen molar-refractivity contribution in [2.24, 2.45) is 7.05 Å². The molecule has 1 aliphatic rings. The molecule has 4 aromatic rings. The highest BCUT2D eigenvalue weighted by Crippen LogP contribution is 2.32. The molecule has 1 aliphatic carbocycles. The van der Waals surface area contributed by atoms with E-state index in [4.69, 9.17) is 9.47 Å². The third-order valence-corrected chi connectivity index (χ3v) is 5.62. The number of hydrogen-bond donors (Lipinski definition) is 0. The average molecular weight is 387 g/mol. The highest BCUT2D eigenvalue weighted by Gasteiger charge is 2.31. The second kappa shape index (κ2) is 7.29. The lowest BCUT2D eigenvalue weighted by atomic mass is 9.92. The Morgan fingerprint density at radius 1 is 1.03 bits per heavy atom. The largest absolute Gasteiger partial charge is 0.474 e. The summed E-state index contributed by atoms with van der Waals surface area (Å²) in [6, 6.07) is 12.4. The van der Waals surface area contributed by atoms with Gasteiger partial charge in [0.15, 0.2) is 0 Å². The van der Waals surface area contributed by atoms with Crippen molar-refractivity contribution in [3.8, 4) is 17.0 Å². The Morgan fingerprint density at radius 3 is 2.69 bits per heavy atom. The van der Waals surface area contributed by atoms with Crippen LogP contribution in [0.3, 0.4) is 0 Å². The fourth-order valence-electron chi connectivity index (χ4n) is 3.95. The maximum absolute atomic E-state index is 10.3. The van der Waals surface area contributed by atoms with Gasteiger partial charge in [0.1, 0.15) is 19.0 Å². The SMILES string of the molecule is Cn1c2ccncc2c2ccc(-c3ccc(OC4CC(OCC=O)C4)nc3)cc21. The second-order valence-corrected chi connectivity index (χ2v) is 7.40. The number of carbonyl (C=O) groups is 1. The molecule has 0 N–H and O–H groups in total. The number of nitrogens with zero attached hydrogens (tertiary/aromatic N) is 3. The van der Waals surface area contributed by atoms with Gasteiger partial charge in [-0.15, -0.1) is 0 Å². The fourth-order valence-corrected chi connectivity index (χ4v) is 3.95. The van der Waals surface area contributed by atoms with Crippen molar-refractivity contribution in [1.82, 2.24) is 14.5 Å². The Bertz CT molecular complexity index is 1180. The molecule has 6 heteroatoms. The molecule has 3 aromatic heterocycles. The van der Waals surface area contributed by atoms with Crippen LogP contribution in [0.15, 0.2) is 55.0 Å². The molecule has 6 nitrogen and oxygen atoms in total. The van der Waals surface area contributed by atoms with E-state index in [0.717, 1.165) is 35.6 Å². The van der Waals surface area contributed by atoms with Crippen molar-refractivity contribution < 1.29 is 14.3 Å². The summed E-state index contributed by atoms with van der Waals surface area (Å²) < 4.78 is 13.4. The summed E-state index contributed by atoms with van der Waals surface area (Å²) in [4.78, 5) is 19.1. The molecule has 0 bridgehead atoms. The van der Waals surface area contributed by atoms with Crippen LogP contribution in [0.2, 0.25) is 0 Å². The van der Waals surface area contributed by atoms with Gasteiger partial charge in [0.25, 0.3) is 0 Å². The molecule has 1 saturated carbocycles. The molecular weight excluding hydrogens is 366 g/mol. The molecule has 146 valence electrons. The molecule has 0 amide bonds. The third kappa shape index (κ3) is 3.25. The first-order chi connectivity index (χ1) is 14.2. The number of aryl methyl sites for hydroxylation is 1. The van der Waals surface area contributed by atoms with Gasteiger partial charge in [0.05, 0.1) is 11.6 Å². The van der Waals surface area contributed by atoms with Crippen LogP contribution in [0.1, 0.15) is 12.8 Å². The van der Waals surface area contributed by atoms with Gasteiger partial charge >= 0.3 is 0 Å². The summed E-state index contributed by atoms with van der Waals surface area (Å²) >= 11 is 0. The van der Waals surface area contributed by atoms with Crippen molar-refractivity contribution in [1.29, 1.82) is 0 Å².